The number of nitrogens with zero attached hydrogens (tertiary/aromatic N) is 1. The Labute approximate surface area is 90.2 Å². The van der Waals surface area contributed by atoms with Crippen molar-refractivity contribution in [1.29, 1.82) is 5.26 Å². The minimum Gasteiger partial charge on any atom is -0.491 e. The largest absolute Gasteiger partial charge is 0.491 e. The zero-order valence-corrected chi connectivity index (χ0v) is 9.28. The number of hydrogen-bond acceptors (Lipinski definition) is 3. The van der Waals surface area contributed by atoms with Gasteiger partial charge in [0.25, 0.3) is 0 Å². The van der Waals surface area contributed by atoms with E-state index in [4.69, 9.17) is 14.7 Å². The summed E-state index contributed by atoms with van der Waals surface area (Å²) in [5.74, 6) is 0.749. The van der Waals surface area contributed by atoms with Crippen molar-refractivity contribution in [3.8, 4) is 11.8 Å². The lowest BCUT2D eigenvalue weighted by Gasteiger charge is -2.22. The average molecular weight is 205 g/mol. The number of benzene rings is 1. The Morgan fingerprint density at radius 1 is 1.27 bits per heavy atom. The van der Waals surface area contributed by atoms with Gasteiger partial charge in [-0.05, 0) is 38.1 Å². The van der Waals surface area contributed by atoms with Gasteiger partial charge in [-0.3, -0.25) is 0 Å². The van der Waals surface area contributed by atoms with Gasteiger partial charge in [-0.2, -0.15) is 5.26 Å². The Morgan fingerprint density at radius 3 is 2.33 bits per heavy atom. The van der Waals surface area contributed by atoms with E-state index in [2.05, 4.69) is 6.07 Å². The second-order valence-electron chi connectivity index (χ2n) is 3.89. The third kappa shape index (κ3) is 3.61. The molecule has 80 valence electrons. The van der Waals surface area contributed by atoms with Crippen LogP contribution >= 0.6 is 0 Å². The molecule has 0 bridgehead atoms. The summed E-state index contributed by atoms with van der Waals surface area (Å²) in [5.41, 5.74) is 0.335. The summed E-state index contributed by atoms with van der Waals surface area (Å²) in [6.45, 7) is 4.39. The molecular formula is C12H15NO2. The first-order valence-corrected chi connectivity index (χ1v) is 4.75. The number of ether oxygens (including phenoxy) is 2. The van der Waals surface area contributed by atoms with E-state index in [-0.39, 0.29) is 5.60 Å². The second-order valence-corrected chi connectivity index (χ2v) is 3.89. The van der Waals surface area contributed by atoms with Gasteiger partial charge in [0.2, 0.25) is 0 Å². The van der Waals surface area contributed by atoms with Crippen LogP contribution in [0.2, 0.25) is 0 Å². The highest BCUT2D eigenvalue weighted by atomic mass is 16.5. The first-order chi connectivity index (χ1) is 7.07. The zero-order valence-electron chi connectivity index (χ0n) is 9.28. The molecule has 0 heterocycles. The number of rotatable bonds is 4. The lowest BCUT2D eigenvalue weighted by molar-refractivity contribution is -0.0146. The van der Waals surface area contributed by atoms with E-state index in [1.54, 1.807) is 31.4 Å². The van der Waals surface area contributed by atoms with Crippen LogP contribution in [0.3, 0.4) is 0 Å². The highest BCUT2D eigenvalue weighted by molar-refractivity contribution is 5.34. The normalized spacial score (nSPS) is 10.8. The van der Waals surface area contributed by atoms with Crippen LogP contribution in [0.15, 0.2) is 24.3 Å². The van der Waals surface area contributed by atoms with Gasteiger partial charge in [0.05, 0.1) is 17.2 Å². The van der Waals surface area contributed by atoms with Gasteiger partial charge in [-0.25, -0.2) is 0 Å². The van der Waals surface area contributed by atoms with E-state index < -0.39 is 0 Å². The van der Waals surface area contributed by atoms with Crippen LogP contribution in [0.25, 0.3) is 0 Å². The number of hydrogen-bond donors (Lipinski definition) is 0. The standard InChI is InChI=1S/C12H15NO2/c1-12(2,14-3)9-15-11-6-4-10(8-13)5-7-11/h4-7H,9H2,1-3H3. The Kier molecular flexibility index (Phi) is 3.70. The SMILES string of the molecule is COC(C)(C)COc1ccc(C#N)cc1. The van der Waals surface area contributed by atoms with E-state index in [0.717, 1.165) is 5.75 Å². The summed E-state index contributed by atoms with van der Waals surface area (Å²) in [4.78, 5) is 0. The van der Waals surface area contributed by atoms with Gasteiger partial charge in [-0.1, -0.05) is 0 Å². The van der Waals surface area contributed by atoms with E-state index in [0.29, 0.717) is 12.2 Å². The Morgan fingerprint density at radius 2 is 1.87 bits per heavy atom. The fourth-order valence-corrected chi connectivity index (χ4v) is 0.942. The molecule has 0 aliphatic carbocycles. The minimum absolute atomic E-state index is 0.298. The molecule has 15 heavy (non-hydrogen) atoms. The fourth-order valence-electron chi connectivity index (χ4n) is 0.942. The van der Waals surface area contributed by atoms with Crippen molar-refractivity contribution < 1.29 is 9.47 Å². The van der Waals surface area contributed by atoms with Gasteiger partial charge in [-0.15, -0.1) is 0 Å². The van der Waals surface area contributed by atoms with E-state index in [9.17, 15) is 0 Å². The Bertz CT molecular complexity index is 349. The minimum atomic E-state index is -0.298. The Balaban J connectivity index is 2.56. The van der Waals surface area contributed by atoms with Gasteiger partial charge < -0.3 is 9.47 Å². The molecule has 1 aromatic carbocycles. The van der Waals surface area contributed by atoms with Crippen LogP contribution in [0.4, 0.5) is 0 Å². The topological polar surface area (TPSA) is 42.2 Å². The summed E-state index contributed by atoms with van der Waals surface area (Å²) in [7, 11) is 1.65. The lowest BCUT2D eigenvalue weighted by atomic mass is 10.1. The molecule has 0 amide bonds. The summed E-state index contributed by atoms with van der Waals surface area (Å²) in [5, 5.41) is 8.61. The fraction of sp³-hybridized carbons (Fsp3) is 0.417. The molecule has 1 rings (SSSR count). The molecule has 0 radical (unpaired) electrons. The van der Waals surface area contributed by atoms with Crippen molar-refractivity contribution in [3.63, 3.8) is 0 Å². The molecule has 0 aromatic heterocycles. The van der Waals surface area contributed by atoms with Crippen LogP contribution in [-0.4, -0.2) is 19.3 Å². The summed E-state index contributed by atoms with van der Waals surface area (Å²) >= 11 is 0. The maximum Gasteiger partial charge on any atom is 0.119 e. The number of methoxy groups -OCH3 is 1. The summed E-state index contributed by atoms with van der Waals surface area (Å²) in [6.07, 6.45) is 0. The Hall–Kier alpha value is -1.53. The molecule has 3 nitrogen and oxygen atoms in total. The van der Waals surface area contributed by atoms with Crippen molar-refractivity contribution in [2.45, 2.75) is 19.4 Å². The maximum absolute atomic E-state index is 8.61. The third-order valence-corrected chi connectivity index (χ3v) is 2.12. The maximum atomic E-state index is 8.61. The van der Waals surface area contributed by atoms with Gasteiger partial charge in [0.15, 0.2) is 0 Å². The smallest absolute Gasteiger partial charge is 0.119 e. The van der Waals surface area contributed by atoms with Crippen LogP contribution < -0.4 is 4.74 Å². The van der Waals surface area contributed by atoms with E-state index >= 15 is 0 Å². The molecule has 0 aliphatic heterocycles. The molecule has 0 aliphatic rings. The van der Waals surface area contributed by atoms with E-state index in [1.165, 1.54) is 0 Å². The molecule has 0 unspecified atom stereocenters. The highest BCUT2D eigenvalue weighted by Crippen LogP contribution is 2.15. The zero-order chi connectivity index (χ0) is 11.3. The van der Waals surface area contributed by atoms with E-state index in [1.807, 2.05) is 13.8 Å². The lowest BCUT2D eigenvalue weighted by Crippen LogP contribution is -2.30. The molecule has 0 N–H and O–H groups in total. The quantitative estimate of drug-likeness (QED) is 0.757. The monoisotopic (exact) mass is 205 g/mol. The molecule has 0 saturated heterocycles. The van der Waals surface area contributed by atoms with Crippen LogP contribution in [0.5, 0.6) is 5.75 Å². The predicted octanol–water partition coefficient (Wildman–Crippen LogP) is 2.36. The molecule has 3 heteroatoms. The van der Waals surface area contributed by atoms with Crippen molar-refractivity contribution in [3.05, 3.63) is 29.8 Å². The van der Waals surface area contributed by atoms with Crippen molar-refractivity contribution in [2.24, 2.45) is 0 Å². The predicted molar refractivity (Wildman–Crippen MR) is 57.7 cm³/mol. The van der Waals surface area contributed by atoms with Gasteiger partial charge in [0, 0.05) is 7.11 Å². The van der Waals surface area contributed by atoms with Gasteiger partial charge >= 0.3 is 0 Å². The average Bonchev–Trinajstić information content (AvgIpc) is 2.27. The molecule has 0 fully saturated rings. The first kappa shape index (κ1) is 11.5. The molecule has 0 saturated carbocycles. The summed E-state index contributed by atoms with van der Waals surface area (Å²) < 4.78 is 10.8. The molecular weight excluding hydrogens is 190 g/mol. The molecule has 0 spiro atoms. The van der Waals surface area contributed by atoms with Crippen LogP contribution in [0.1, 0.15) is 19.4 Å². The second kappa shape index (κ2) is 4.81. The van der Waals surface area contributed by atoms with Crippen LogP contribution in [0, 0.1) is 11.3 Å². The van der Waals surface area contributed by atoms with Crippen LogP contribution in [-0.2, 0) is 4.74 Å². The molecule has 1 aromatic rings. The first-order valence-electron chi connectivity index (χ1n) is 4.75. The van der Waals surface area contributed by atoms with Crippen molar-refractivity contribution >= 4 is 0 Å². The van der Waals surface area contributed by atoms with Crippen molar-refractivity contribution in [1.82, 2.24) is 0 Å². The third-order valence-electron chi connectivity index (χ3n) is 2.12. The van der Waals surface area contributed by atoms with Crippen molar-refractivity contribution in [2.75, 3.05) is 13.7 Å². The number of nitriles is 1. The summed E-state index contributed by atoms with van der Waals surface area (Å²) in [6, 6.07) is 9.08. The van der Waals surface area contributed by atoms with Gasteiger partial charge in [0.1, 0.15) is 12.4 Å². The highest BCUT2D eigenvalue weighted by Gasteiger charge is 2.16. The molecule has 0 atom stereocenters.